The number of Topliss-reactive ketones (excluding diaryl/α,β-unsaturated/α-hetero) is 1. The van der Waals surface area contributed by atoms with Crippen LogP contribution in [0, 0.1) is 0 Å². The predicted molar refractivity (Wildman–Crippen MR) is 76.8 cm³/mol. The third-order valence-corrected chi connectivity index (χ3v) is 3.13. The summed E-state index contributed by atoms with van der Waals surface area (Å²) in [6.07, 6.45) is -2.92. The molecule has 0 aliphatic carbocycles. The summed E-state index contributed by atoms with van der Waals surface area (Å²) >= 11 is 0. The van der Waals surface area contributed by atoms with Gasteiger partial charge in [-0.15, -0.1) is 0 Å². The minimum Gasteiger partial charge on any atom is -0.469 e. The van der Waals surface area contributed by atoms with Gasteiger partial charge < -0.3 is 20.7 Å². The van der Waals surface area contributed by atoms with E-state index in [0.29, 0.717) is 11.1 Å². The Bertz CT molecular complexity index is 539. The molecule has 0 saturated carbocycles. The molecular weight excluding hydrogens is 290 g/mol. The van der Waals surface area contributed by atoms with Gasteiger partial charge in [0.15, 0.2) is 5.78 Å². The first-order valence-electron chi connectivity index (χ1n) is 6.69. The molecule has 0 heterocycles. The molecule has 0 saturated heterocycles. The van der Waals surface area contributed by atoms with Crippen LogP contribution >= 0.6 is 0 Å². The Morgan fingerprint density at radius 1 is 1.14 bits per heavy atom. The van der Waals surface area contributed by atoms with Gasteiger partial charge in [0, 0.05) is 12.0 Å². The number of aliphatic hydroxyl groups is 2. The number of methoxy groups -OCH3 is 1. The summed E-state index contributed by atoms with van der Waals surface area (Å²) in [7, 11) is 1.25. The fraction of sp³-hybridized carbons (Fsp3) is 0.400. The normalized spacial score (nSPS) is 13.2. The van der Waals surface area contributed by atoms with Crippen molar-refractivity contribution in [2.24, 2.45) is 5.73 Å². The van der Waals surface area contributed by atoms with E-state index in [-0.39, 0.29) is 25.0 Å². The molecule has 0 fully saturated rings. The number of rotatable bonds is 8. The van der Waals surface area contributed by atoms with E-state index >= 15 is 0 Å². The molecule has 120 valence electrons. The number of carbonyl (C=O) groups excluding carboxylic acids is 3. The first kappa shape index (κ1) is 17.8. The first-order chi connectivity index (χ1) is 10.3. The second kappa shape index (κ2) is 8.26. The molecule has 1 aromatic carbocycles. The summed E-state index contributed by atoms with van der Waals surface area (Å²) in [5, 5.41) is 19.5. The number of ketones is 1. The minimum atomic E-state index is -1.31. The quantitative estimate of drug-likeness (QED) is 0.461. The highest BCUT2D eigenvalue weighted by molar-refractivity contribution is 5.97. The van der Waals surface area contributed by atoms with Crippen LogP contribution in [0.15, 0.2) is 24.3 Å². The van der Waals surface area contributed by atoms with E-state index in [1.807, 2.05) is 0 Å². The van der Waals surface area contributed by atoms with Gasteiger partial charge in [0.1, 0.15) is 6.10 Å². The number of benzene rings is 1. The van der Waals surface area contributed by atoms with Gasteiger partial charge in [0.05, 0.1) is 26.1 Å². The number of primary amides is 1. The molecule has 0 aliphatic rings. The van der Waals surface area contributed by atoms with Crippen LogP contribution in [0.4, 0.5) is 0 Å². The number of esters is 1. The molecule has 0 bridgehead atoms. The number of aliphatic hydroxyl groups excluding tert-OH is 2. The maximum atomic E-state index is 11.8. The Hall–Kier alpha value is -2.25. The van der Waals surface area contributed by atoms with E-state index in [1.165, 1.54) is 31.4 Å². The Kier molecular flexibility index (Phi) is 6.68. The van der Waals surface area contributed by atoms with Crippen molar-refractivity contribution >= 4 is 17.7 Å². The Labute approximate surface area is 127 Å². The fourth-order valence-corrected chi connectivity index (χ4v) is 1.87. The average molecular weight is 309 g/mol. The number of hydrogen-bond acceptors (Lipinski definition) is 6. The topological polar surface area (TPSA) is 127 Å². The highest BCUT2D eigenvalue weighted by atomic mass is 16.5. The van der Waals surface area contributed by atoms with Crippen LogP contribution in [0.2, 0.25) is 0 Å². The SMILES string of the molecule is COC(=O)CCC(=O)c1ccc(C(O)C(O)CC(N)=O)cc1. The smallest absolute Gasteiger partial charge is 0.305 e. The number of nitrogens with two attached hydrogens (primary N) is 1. The average Bonchev–Trinajstić information content (AvgIpc) is 2.50. The van der Waals surface area contributed by atoms with Gasteiger partial charge in [-0.05, 0) is 5.56 Å². The fourth-order valence-electron chi connectivity index (χ4n) is 1.87. The molecule has 1 rings (SSSR count). The van der Waals surface area contributed by atoms with E-state index in [2.05, 4.69) is 4.74 Å². The lowest BCUT2D eigenvalue weighted by Gasteiger charge is -2.17. The van der Waals surface area contributed by atoms with Gasteiger partial charge in [0.25, 0.3) is 0 Å². The number of amides is 1. The van der Waals surface area contributed by atoms with Crippen molar-refractivity contribution in [1.29, 1.82) is 0 Å². The maximum Gasteiger partial charge on any atom is 0.305 e. The van der Waals surface area contributed by atoms with Crippen LogP contribution < -0.4 is 5.73 Å². The molecule has 22 heavy (non-hydrogen) atoms. The van der Waals surface area contributed by atoms with Crippen molar-refractivity contribution in [3.05, 3.63) is 35.4 Å². The van der Waals surface area contributed by atoms with E-state index < -0.39 is 24.1 Å². The van der Waals surface area contributed by atoms with Crippen molar-refractivity contribution in [2.45, 2.75) is 31.5 Å². The highest BCUT2D eigenvalue weighted by Gasteiger charge is 2.20. The Morgan fingerprint density at radius 3 is 2.23 bits per heavy atom. The Morgan fingerprint density at radius 2 is 1.73 bits per heavy atom. The Balaban J connectivity index is 2.67. The zero-order valence-electron chi connectivity index (χ0n) is 12.2. The first-order valence-corrected chi connectivity index (χ1v) is 6.69. The summed E-state index contributed by atoms with van der Waals surface area (Å²) in [4.78, 5) is 33.5. The number of ether oxygens (including phenoxy) is 1. The molecule has 2 atom stereocenters. The highest BCUT2D eigenvalue weighted by Crippen LogP contribution is 2.20. The molecule has 1 aromatic rings. The summed E-state index contributed by atoms with van der Waals surface area (Å²) in [5.41, 5.74) is 5.69. The van der Waals surface area contributed by atoms with Crippen LogP contribution in [0.25, 0.3) is 0 Å². The lowest BCUT2D eigenvalue weighted by Crippen LogP contribution is -2.25. The zero-order chi connectivity index (χ0) is 16.7. The van der Waals surface area contributed by atoms with Gasteiger partial charge in [-0.25, -0.2) is 0 Å². The van der Waals surface area contributed by atoms with E-state index in [1.54, 1.807) is 0 Å². The summed E-state index contributed by atoms with van der Waals surface area (Å²) in [6.45, 7) is 0. The molecular formula is C15H19NO6. The third kappa shape index (κ3) is 5.27. The molecule has 2 unspecified atom stereocenters. The van der Waals surface area contributed by atoms with Crippen molar-refractivity contribution in [1.82, 2.24) is 0 Å². The van der Waals surface area contributed by atoms with Crippen LogP contribution in [-0.4, -0.2) is 41.1 Å². The van der Waals surface area contributed by atoms with Crippen LogP contribution in [0.1, 0.15) is 41.3 Å². The molecule has 0 spiro atoms. The third-order valence-electron chi connectivity index (χ3n) is 3.13. The molecule has 1 amide bonds. The molecule has 0 aromatic heterocycles. The van der Waals surface area contributed by atoms with Crippen LogP contribution in [0.5, 0.6) is 0 Å². The largest absolute Gasteiger partial charge is 0.469 e. The van der Waals surface area contributed by atoms with Gasteiger partial charge in [0.2, 0.25) is 5.91 Å². The van der Waals surface area contributed by atoms with Gasteiger partial charge in [-0.3, -0.25) is 14.4 Å². The van der Waals surface area contributed by atoms with Gasteiger partial charge in [-0.1, -0.05) is 24.3 Å². The lowest BCUT2D eigenvalue weighted by molar-refractivity contribution is -0.140. The second-order valence-corrected chi connectivity index (χ2v) is 4.80. The number of hydrogen-bond donors (Lipinski definition) is 3. The second-order valence-electron chi connectivity index (χ2n) is 4.80. The standard InChI is InChI=1S/C15H19NO6/c1-22-14(20)7-6-11(17)9-2-4-10(5-3-9)15(21)12(18)8-13(16)19/h2-5,12,15,18,21H,6-8H2,1H3,(H2,16,19). The summed E-state index contributed by atoms with van der Waals surface area (Å²) in [6, 6.07) is 5.91. The summed E-state index contributed by atoms with van der Waals surface area (Å²) < 4.78 is 4.46. The zero-order valence-corrected chi connectivity index (χ0v) is 12.2. The number of carbonyl (C=O) groups is 3. The van der Waals surface area contributed by atoms with Gasteiger partial charge in [-0.2, -0.15) is 0 Å². The van der Waals surface area contributed by atoms with Crippen molar-refractivity contribution in [2.75, 3.05) is 7.11 Å². The maximum absolute atomic E-state index is 11.8. The predicted octanol–water partition coefficient (Wildman–Crippen LogP) is 0.0922. The molecule has 4 N–H and O–H groups in total. The van der Waals surface area contributed by atoms with Crippen LogP contribution in [0.3, 0.4) is 0 Å². The summed E-state index contributed by atoms with van der Waals surface area (Å²) in [5.74, 6) is -1.42. The van der Waals surface area contributed by atoms with Crippen molar-refractivity contribution < 1.29 is 29.3 Å². The van der Waals surface area contributed by atoms with Gasteiger partial charge >= 0.3 is 5.97 Å². The molecule has 7 heteroatoms. The monoisotopic (exact) mass is 309 g/mol. The van der Waals surface area contributed by atoms with Crippen LogP contribution in [-0.2, 0) is 14.3 Å². The molecule has 0 aliphatic heterocycles. The minimum absolute atomic E-state index is 0.00294. The van der Waals surface area contributed by atoms with Crippen molar-refractivity contribution in [3.63, 3.8) is 0 Å². The molecule has 0 radical (unpaired) electrons. The lowest BCUT2D eigenvalue weighted by atomic mass is 9.99. The van der Waals surface area contributed by atoms with E-state index in [0.717, 1.165) is 0 Å². The van der Waals surface area contributed by atoms with Crippen molar-refractivity contribution in [3.8, 4) is 0 Å². The van der Waals surface area contributed by atoms with E-state index in [4.69, 9.17) is 5.73 Å². The molecule has 7 nitrogen and oxygen atoms in total. The van der Waals surface area contributed by atoms with E-state index in [9.17, 15) is 24.6 Å².